The molecule has 1 heterocycles. The van der Waals surface area contributed by atoms with Crippen molar-refractivity contribution in [1.82, 2.24) is 9.88 Å². The van der Waals surface area contributed by atoms with Crippen molar-refractivity contribution in [3.8, 4) is 11.5 Å². The maximum Gasteiger partial charge on any atom is 0.573 e. The third kappa shape index (κ3) is 13.8. The molecule has 2 aromatic carbocycles. The summed E-state index contributed by atoms with van der Waals surface area (Å²) in [6.45, 7) is 2.95. The van der Waals surface area contributed by atoms with Crippen LogP contribution in [-0.2, 0) is 16.1 Å². The number of pyridine rings is 1. The van der Waals surface area contributed by atoms with E-state index in [1.807, 2.05) is 19.1 Å². The monoisotopic (exact) mass is 647 g/mol. The highest BCUT2D eigenvalue weighted by atomic mass is 19.4. The minimum Gasteiger partial charge on any atom is -0.497 e. The lowest BCUT2D eigenvalue weighted by atomic mass is 9.95. The van der Waals surface area contributed by atoms with E-state index in [0.29, 0.717) is 25.0 Å². The van der Waals surface area contributed by atoms with Crippen LogP contribution in [-0.4, -0.2) is 61.8 Å². The van der Waals surface area contributed by atoms with E-state index in [-0.39, 0.29) is 23.9 Å². The molecule has 2 N–H and O–H groups in total. The molecule has 0 fully saturated rings. The summed E-state index contributed by atoms with van der Waals surface area (Å²) in [5.41, 5.74) is 0.991. The van der Waals surface area contributed by atoms with Gasteiger partial charge < -0.3 is 29.4 Å². The van der Waals surface area contributed by atoms with E-state index in [9.17, 15) is 41.0 Å². The van der Waals surface area contributed by atoms with Crippen LogP contribution in [0.5, 0.6) is 11.5 Å². The molecule has 248 valence electrons. The van der Waals surface area contributed by atoms with Crippen molar-refractivity contribution in [2.45, 2.75) is 51.4 Å². The maximum absolute atomic E-state index is 12.6. The molecule has 45 heavy (non-hydrogen) atoms. The molecule has 0 spiro atoms. The number of nitrogens with one attached hydrogen (secondary N) is 1. The number of methoxy groups -OCH3 is 1. The number of anilines is 1. The number of aliphatic hydroxyl groups excluding tert-OH is 1. The van der Waals surface area contributed by atoms with Gasteiger partial charge in [-0.05, 0) is 55.3 Å². The van der Waals surface area contributed by atoms with E-state index in [0.717, 1.165) is 21.9 Å². The Bertz CT molecular complexity index is 1360. The van der Waals surface area contributed by atoms with E-state index >= 15 is 0 Å². The largest absolute Gasteiger partial charge is 0.573 e. The van der Waals surface area contributed by atoms with Crippen molar-refractivity contribution in [3.05, 3.63) is 88.3 Å². The first-order valence-corrected chi connectivity index (χ1v) is 13.3. The van der Waals surface area contributed by atoms with Crippen molar-refractivity contribution < 1.29 is 50.5 Å². The smallest absolute Gasteiger partial charge is 0.497 e. The third-order valence-electron chi connectivity index (χ3n) is 6.05. The number of carbonyl (C=O) groups excluding carboxylic acids is 2. The number of halogens is 6. The first-order chi connectivity index (χ1) is 21.1. The second-order valence-electron chi connectivity index (χ2n) is 9.31. The van der Waals surface area contributed by atoms with Gasteiger partial charge in [0.15, 0.2) is 6.10 Å². The Labute approximate surface area is 256 Å². The maximum atomic E-state index is 12.6. The van der Waals surface area contributed by atoms with Crippen LogP contribution < -0.4 is 25.2 Å². The zero-order valence-corrected chi connectivity index (χ0v) is 24.9. The quantitative estimate of drug-likeness (QED) is 0.219. The number of aromatic nitrogens is 1. The van der Waals surface area contributed by atoms with Gasteiger partial charge in [0.1, 0.15) is 17.2 Å². The average molecular weight is 648 g/mol. The highest BCUT2D eigenvalue weighted by molar-refractivity contribution is 5.74. The molecule has 2 amide bonds. The molecule has 2 unspecified atom stereocenters. The number of amides is 2. The molecule has 0 bridgehead atoms. The van der Waals surface area contributed by atoms with E-state index in [2.05, 4.69) is 10.1 Å². The number of hydrogen-bond acceptors (Lipinski definition) is 6. The topological polar surface area (TPSA) is 110 Å². The summed E-state index contributed by atoms with van der Waals surface area (Å²) in [6.07, 6.45) is -9.21. The number of aliphatic hydroxyl groups is 1. The fourth-order valence-corrected chi connectivity index (χ4v) is 3.70. The summed E-state index contributed by atoms with van der Waals surface area (Å²) in [4.78, 5) is 34.5. The van der Waals surface area contributed by atoms with E-state index in [1.165, 1.54) is 29.2 Å². The fraction of sp³-hybridized carbons (Fsp3) is 0.367. The Morgan fingerprint density at radius 1 is 0.978 bits per heavy atom. The van der Waals surface area contributed by atoms with Crippen LogP contribution in [0.1, 0.15) is 30.4 Å². The van der Waals surface area contributed by atoms with Gasteiger partial charge in [-0.2, -0.15) is 13.2 Å². The number of carbonyl (C=O) groups is 2. The van der Waals surface area contributed by atoms with Crippen LogP contribution in [0.2, 0.25) is 0 Å². The van der Waals surface area contributed by atoms with Gasteiger partial charge in [0.25, 0.3) is 5.56 Å². The molecule has 0 saturated heterocycles. The molecular formula is C30H35F6N3O6. The Balaban J connectivity index is 0.000000520. The van der Waals surface area contributed by atoms with Crippen molar-refractivity contribution in [2.24, 2.45) is 0 Å². The predicted molar refractivity (Wildman–Crippen MR) is 155 cm³/mol. The van der Waals surface area contributed by atoms with Crippen molar-refractivity contribution in [1.29, 1.82) is 0 Å². The van der Waals surface area contributed by atoms with Crippen molar-refractivity contribution in [2.75, 3.05) is 25.6 Å². The van der Waals surface area contributed by atoms with E-state index in [4.69, 9.17) is 9.53 Å². The van der Waals surface area contributed by atoms with Crippen LogP contribution in [0.25, 0.3) is 0 Å². The highest BCUT2D eigenvalue weighted by Gasteiger charge is 2.38. The lowest BCUT2D eigenvalue weighted by Crippen LogP contribution is -2.38. The number of ether oxygens (including phenoxy) is 2. The average Bonchev–Trinajstić information content (AvgIpc) is 3.00. The van der Waals surface area contributed by atoms with Gasteiger partial charge in [-0.15, -0.1) is 13.2 Å². The number of rotatable bonds is 11. The summed E-state index contributed by atoms with van der Waals surface area (Å²) >= 11 is 0. The molecule has 3 aromatic rings. The molecule has 0 saturated carbocycles. The van der Waals surface area contributed by atoms with Crippen LogP contribution in [0.15, 0.2) is 71.7 Å². The normalized spacial score (nSPS) is 12.2. The number of hydrogen-bond donors (Lipinski definition) is 2. The van der Waals surface area contributed by atoms with Crippen LogP contribution in [0.4, 0.5) is 32.0 Å². The van der Waals surface area contributed by atoms with Gasteiger partial charge in [0.2, 0.25) is 12.8 Å². The molecular weight excluding hydrogens is 612 g/mol. The summed E-state index contributed by atoms with van der Waals surface area (Å²) < 4.78 is 82.2. The van der Waals surface area contributed by atoms with Gasteiger partial charge in [-0.1, -0.05) is 36.8 Å². The molecule has 0 aliphatic rings. The van der Waals surface area contributed by atoms with Gasteiger partial charge >= 0.3 is 12.5 Å². The van der Waals surface area contributed by atoms with Gasteiger partial charge in [0, 0.05) is 25.7 Å². The minimum atomic E-state index is -4.85. The van der Waals surface area contributed by atoms with Crippen LogP contribution in [0.3, 0.4) is 0 Å². The zero-order valence-electron chi connectivity index (χ0n) is 24.9. The zero-order chi connectivity index (χ0) is 34.2. The van der Waals surface area contributed by atoms with Gasteiger partial charge in [0.05, 0.1) is 13.7 Å². The number of aryl methyl sites for hydroxylation is 1. The second-order valence-corrected chi connectivity index (χ2v) is 9.31. The minimum absolute atomic E-state index is 0.0520. The number of alkyl halides is 6. The Morgan fingerprint density at radius 2 is 1.53 bits per heavy atom. The molecule has 1 aromatic heterocycles. The Hall–Kier alpha value is -4.53. The van der Waals surface area contributed by atoms with Gasteiger partial charge in [-0.3, -0.25) is 14.4 Å². The summed E-state index contributed by atoms with van der Waals surface area (Å²) in [5.74, 6) is 0.401. The van der Waals surface area contributed by atoms with E-state index < -0.39 is 30.7 Å². The SMILES string of the molecule is CCC(CN(C=O)c1cccn(CC(O)C(F)(F)F)c1=O)c1ccc(OC)cc1.CNC=O.Cc1ccc(OC(F)(F)F)cc1. The lowest BCUT2D eigenvalue weighted by Gasteiger charge is -2.24. The van der Waals surface area contributed by atoms with Gasteiger partial charge in [-0.25, -0.2) is 0 Å². The summed E-state index contributed by atoms with van der Waals surface area (Å²) in [5, 5.41) is 11.5. The lowest BCUT2D eigenvalue weighted by molar-refractivity contribution is -0.274. The molecule has 9 nitrogen and oxygen atoms in total. The van der Waals surface area contributed by atoms with Crippen molar-refractivity contribution >= 4 is 18.5 Å². The molecule has 2 atom stereocenters. The second kappa shape index (κ2) is 18.3. The molecule has 0 aliphatic heterocycles. The molecule has 0 aliphatic carbocycles. The third-order valence-corrected chi connectivity index (χ3v) is 6.05. The molecule has 15 heteroatoms. The molecule has 0 radical (unpaired) electrons. The number of nitrogens with zero attached hydrogens (tertiary/aromatic N) is 2. The number of benzene rings is 2. The first kappa shape index (κ1) is 38.5. The Morgan fingerprint density at radius 3 is 1.98 bits per heavy atom. The fourth-order valence-electron chi connectivity index (χ4n) is 3.70. The summed E-state index contributed by atoms with van der Waals surface area (Å²) in [6, 6.07) is 15.7. The highest BCUT2D eigenvalue weighted by Crippen LogP contribution is 2.25. The van der Waals surface area contributed by atoms with Crippen LogP contribution in [0, 0.1) is 6.92 Å². The molecule has 3 rings (SSSR count). The van der Waals surface area contributed by atoms with Crippen LogP contribution >= 0.6 is 0 Å². The predicted octanol–water partition coefficient (Wildman–Crippen LogP) is 5.19. The summed E-state index contributed by atoms with van der Waals surface area (Å²) in [7, 11) is 3.11. The van der Waals surface area contributed by atoms with E-state index in [1.54, 1.807) is 45.3 Å². The standard InChI is InChI=1S/C20H23F3N2O4.C8H7F3O.C2H5NO/c1-3-14(15-6-8-16(29-2)9-7-15)11-25(13-26)17-5-4-10-24(19(17)28)12-18(27)20(21,22)23;1-6-2-4-7(5-3-6)12-8(9,10)11;1-3-2-4/h4-10,13-14,18,27H,3,11-12H2,1-2H3;2-5H,1H3;2H,1H3,(H,3,4). The first-order valence-electron chi connectivity index (χ1n) is 13.3. The van der Waals surface area contributed by atoms with Crippen molar-refractivity contribution in [3.63, 3.8) is 0 Å². The Kier molecular flexibility index (Phi) is 15.7.